The van der Waals surface area contributed by atoms with Crippen molar-refractivity contribution in [1.82, 2.24) is 4.98 Å². The van der Waals surface area contributed by atoms with Crippen LogP contribution in [-0.4, -0.2) is 11.0 Å². The van der Waals surface area contributed by atoms with E-state index in [2.05, 4.69) is 34.6 Å². The molecule has 0 atom stereocenters. The Morgan fingerprint density at radius 1 is 1.05 bits per heavy atom. The summed E-state index contributed by atoms with van der Waals surface area (Å²) in [5, 5.41) is 6.89. The summed E-state index contributed by atoms with van der Waals surface area (Å²) in [5.74, 6) is 1.87. The average Bonchev–Trinajstić information content (AvgIpc) is 3.37. The summed E-state index contributed by atoms with van der Waals surface area (Å²) < 4.78 is 0. The molecule has 2 nitrogen and oxygen atoms in total. The molecule has 4 rings (SSSR count). The van der Waals surface area contributed by atoms with Gasteiger partial charge in [-0.3, -0.25) is 0 Å². The highest BCUT2D eigenvalue weighted by molar-refractivity contribution is 7.13. The van der Waals surface area contributed by atoms with Gasteiger partial charge in [0, 0.05) is 28.9 Å². The number of hydrogen-bond acceptors (Lipinski definition) is 3. The quantitative estimate of drug-likeness (QED) is 0.870. The monoisotopic (exact) mass is 270 g/mol. The van der Waals surface area contributed by atoms with E-state index in [1.807, 2.05) is 11.6 Å². The van der Waals surface area contributed by atoms with Gasteiger partial charge >= 0.3 is 0 Å². The molecule has 98 valence electrons. The summed E-state index contributed by atoms with van der Waals surface area (Å²) in [6.07, 6.45) is 7.55. The Kier molecular flexibility index (Phi) is 2.80. The number of nitrogens with zero attached hydrogens (tertiary/aromatic N) is 1. The Hall–Kier alpha value is -1.35. The average molecular weight is 270 g/mol. The van der Waals surface area contributed by atoms with Crippen LogP contribution in [0.4, 0.5) is 5.69 Å². The van der Waals surface area contributed by atoms with Crippen molar-refractivity contribution in [3.8, 4) is 10.6 Å². The van der Waals surface area contributed by atoms with Crippen LogP contribution >= 0.6 is 11.3 Å². The van der Waals surface area contributed by atoms with Gasteiger partial charge in [0.15, 0.2) is 0 Å². The Morgan fingerprint density at radius 3 is 2.26 bits per heavy atom. The smallest absolute Gasteiger partial charge is 0.123 e. The van der Waals surface area contributed by atoms with Gasteiger partial charge in [0.1, 0.15) is 5.01 Å². The predicted molar refractivity (Wildman–Crippen MR) is 80.4 cm³/mol. The zero-order chi connectivity index (χ0) is 12.7. The molecule has 0 spiro atoms. The molecule has 2 aromatic rings. The molecule has 19 heavy (non-hydrogen) atoms. The fourth-order valence-electron chi connectivity index (χ4n) is 2.80. The number of thiazole rings is 1. The molecule has 1 N–H and O–H groups in total. The molecule has 0 radical (unpaired) electrons. The zero-order valence-electron chi connectivity index (χ0n) is 10.9. The highest BCUT2D eigenvalue weighted by Crippen LogP contribution is 2.45. The molecule has 2 saturated carbocycles. The minimum absolute atomic E-state index is 0.728. The van der Waals surface area contributed by atoms with Crippen LogP contribution < -0.4 is 5.32 Å². The van der Waals surface area contributed by atoms with Crippen LogP contribution in [0, 0.1) is 11.8 Å². The molecule has 2 aliphatic carbocycles. The lowest BCUT2D eigenvalue weighted by molar-refractivity contribution is 0.568. The Balaban J connectivity index is 1.49. The van der Waals surface area contributed by atoms with E-state index >= 15 is 0 Å². The number of nitrogens with one attached hydrogen (secondary N) is 1. The first-order valence-electron chi connectivity index (χ1n) is 7.16. The molecule has 1 aromatic carbocycles. The minimum atomic E-state index is 0.728. The van der Waals surface area contributed by atoms with Gasteiger partial charge in [0.2, 0.25) is 0 Å². The van der Waals surface area contributed by atoms with Crippen molar-refractivity contribution >= 4 is 17.0 Å². The van der Waals surface area contributed by atoms with Gasteiger partial charge in [0.05, 0.1) is 0 Å². The van der Waals surface area contributed by atoms with Gasteiger partial charge in [-0.2, -0.15) is 0 Å². The lowest BCUT2D eigenvalue weighted by Gasteiger charge is -2.19. The van der Waals surface area contributed by atoms with Crippen molar-refractivity contribution in [2.45, 2.75) is 31.7 Å². The van der Waals surface area contributed by atoms with Crippen LogP contribution in [0.5, 0.6) is 0 Å². The molecule has 3 heteroatoms. The van der Waals surface area contributed by atoms with Crippen molar-refractivity contribution in [2.75, 3.05) is 5.32 Å². The Morgan fingerprint density at radius 2 is 1.74 bits per heavy atom. The van der Waals surface area contributed by atoms with E-state index in [4.69, 9.17) is 0 Å². The first-order valence-corrected chi connectivity index (χ1v) is 8.04. The van der Waals surface area contributed by atoms with Crippen molar-refractivity contribution in [2.24, 2.45) is 11.8 Å². The third-order valence-electron chi connectivity index (χ3n) is 4.16. The molecule has 0 unspecified atom stereocenters. The van der Waals surface area contributed by atoms with Crippen molar-refractivity contribution in [1.29, 1.82) is 0 Å². The maximum atomic E-state index is 4.35. The lowest BCUT2D eigenvalue weighted by Crippen LogP contribution is -2.24. The highest BCUT2D eigenvalue weighted by atomic mass is 32.1. The van der Waals surface area contributed by atoms with Gasteiger partial charge in [-0.1, -0.05) is 0 Å². The van der Waals surface area contributed by atoms with Crippen molar-refractivity contribution in [3.05, 3.63) is 35.8 Å². The molecule has 2 fully saturated rings. The maximum absolute atomic E-state index is 4.35. The summed E-state index contributed by atoms with van der Waals surface area (Å²) in [6, 6.07) is 9.49. The van der Waals surface area contributed by atoms with Gasteiger partial charge in [-0.05, 0) is 61.8 Å². The van der Waals surface area contributed by atoms with E-state index in [0.717, 1.165) is 22.9 Å². The van der Waals surface area contributed by atoms with Crippen LogP contribution in [0.3, 0.4) is 0 Å². The number of benzene rings is 1. The van der Waals surface area contributed by atoms with Gasteiger partial charge in [-0.15, -0.1) is 11.3 Å². The standard InChI is InChI=1S/C16H18N2S/c1-2-11(1)15(12-3-4-12)18-14-7-5-13(6-8-14)16-17-9-10-19-16/h5-12,15,18H,1-4H2. The molecule has 2 aliphatic rings. The number of anilines is 1. The molecular formula is C16H18N2S. The number of rotatable bonds is 5. The fourth-order valence-corrected chi connectivity index (χ4v) is 3.44. The fraction of sp³-hybridized carbons (Fsp3) is 0.438. The van der Waals surface area contributed by atoms with Crippen molar-refractivity contribution in [3.63, 3.8) is 0 Å². The number of hydrogen-bond donors (Lipinski definition) is 1. The van der Waals surface area contributed by atoms with E-state index in [1.165, 1.54) is 36.9 Å². The molecule has 0 aliphatic heterocycles. The van der Waals surface area contributed by atoms with E-state index in [0.29, 0.717) is 0 Å². The summed E-state index contributed by atoms with van der Waals surface area (Å²) >= 11 is 1.69. The largest absolute Gasteiger partial charge is 0.382 e. The summed E-state index contributed by atoms with van der Waals surface area (Å²) in [6.45, 7) is 0. The summed E-state index contributed by atoms with van der Waals surface area (Å²) in [5.41, 5.74) is 2.49. The maximum Gasteiger partial charge on any atom is 0.123 e. The van der Waals surface area contributed by atoms with Gasteiger partial charge in [-0.25, -0.2) is 4.98 Å². The third-order valence-corrected chi connectivity index (χ3v) is 4.98. The van der Waals surface area contributed by atoms with Crippen LogP contribution in [0.2, 0.25) is 0 Å². The molecule has 0 bridgehead atoms. The van der Waals surface area contributed by atoms with E-state index < -0.39 is 0 Å². The predicted octanol–water partition coefficient (Wildman–Crippen LogP) is 4.41. The molecule has 0 saturated heterocycles. The van der Waals surface area contributed by atoms with Crippen LogP contribution in [0.1, 0.15) is 25.7 Å². The molecule has 1 aromatic heterocycles. The lowest BCUT2D eigenvalue weighted by atomic mass is 10.1. The second-order valence-electron chi connectivity index (χ2n) is 5.76. The van der Waals surface area contributed by atoms with E-state index in [1.54, 1.807) is 11.3 Å². The first-order chi connectivity index (χ1) is 9.40. The van der Waals surface area contributed by atoms with E-state index in [-0.39, 0.29) is 0 Å². The second kappa shape index (κ2) is 4.64. The van der Waals surface area contributed by atoms with Crippen LogP contribution in [0.25, 0.3) is 10.6 Å². The Bertz CT molecular complexity index is 527. The normalized spacial score (nSPS) is 18.8. The minimum Gasteiger partial charge on any atom is -0.382 e. The van der Waals surface area contributed by atoms with Gasteiger partial charge < -0.3 is 5.32 Å². The van der Waals surface area contributed by atoms with Crippen molar-refractivity contribution < 1.29 is 0 Å². The summed E-state index contributed by atoms with van der Waals surface area (Å²) in [4.78, 5) is 4.35. The first kappa shape index (κ1) is 11.5. The molecule has 0 amide bonds. The second-order valence-corrected chi connectivity index (χ2v) is 6.65. The highest BCUT2D eigenvalue weighted by Gasteiger charge is 2.41. The van der Waals surface area contributed by atoms with Crippen LogP contribution in [-0.2, 0) is 0 Å². The topological polar surface area (TPSA) is 24.9 Å². The van der Waals surface area contributed by atoms with E-state index in [9.17, 15) is 0 Å². The molecule has 1 heterocycles. The SMILES string of the molecule is c1csc(-c2ccc(NC(C3CC3)C3CC3)cc2)n1. The Labute approximate surface area is 117 Å². The third kappa shape index (κ3) is 2.52. The van der Waals surface area contributed by atoms with Crippen LogP contribution in [0.15, 0.2) is 35.8 Å². The van der Waals surface area contributed by atoms with Gasteiger partial charge in [0.25, 0.3) is 0 Å². The number of aromatic nitrogens is 1. The zero-order valence-corrected chi connectivity index (χ0v) is 11.7. The molecular weight excluding hydrogens is 252 g/mol. The summed E-state index contributed by atoms with van der Waals surface area (Å²) in [7, 11) is 0.